The Morgan fingerprint density at radius 3 is 2.55 bits per heavy atom. The summed E-state index contributed by atoms with van der Waals surface area (Å²) >= 11 is 2.24. The molecule has 22 heavy (non-hydrogen) atoms. The van der Waals surface area contributed by atoms with Crippen molar-refractivity contribution in [3.05, 3.63) is 11.6 Å². The van der Waals surface area contributed by atoms with Crippen LogP contribution >= 0.6 is 22.6 Å². The van der Waals surface area contributed by atoms with Gasteiger partial charge >= 0.3 is 0 Å². The topological polar surface area (TPSA) is 38.7 Å². The molecule has 0 aromatic heterocycles. The summed E-state index contributed by atoms with van der Waals surface area (Å²) in [7, 11) is -0.993. The maximum Gasteiger partial charge on any atom is 0.147 e. The summed E-state index contributed by atoms with van der Waals surface area (Å²) in [4.78, 5) is 0. The first kappa shape index (κ1) is 22.6. The van der Waals surface area contributed by atoms with E-state index in [9.17, 15) is 5.11 Å². The van der Waals surface area contributed by atoms with Crippen LogP contribution in [0, 0.1) is 5.92 Å². The average molecular weight is 442 g/mol. The zero-order chi connectivity index (χ0) is 17.0. The predicted octanol–water partition coefficient (Wildman–Crippen LogP) is 4.86. The van der Waals surface area contributed by atoms with Crippen molar-refractivity contribution in [1.82, 2.24) is 0 Å². The highest BCUT2D eigenvalue weighted by Gasteiger charge is 2.11. The van der Waals surface area contributed by atoms with Crippen molar-refractivity contribution in [2.24, 2.45) is 5.92 Å². The van der Waals surface area contributed by atoms with Gasteiger partial charge in [-0.2, -0.15) is 0 Å². The van der Waals surface area contributed by atoms with Crippen molar-refractivity contribution in [3.63, 3.8) is 0 Å². The van der Waals surface area contributed by atoms with Gasteiger partial charge in [-0.15, -0.1) is 0 Å². The molecule has 0 aliphatic rings. The Bertz CT molecular complexity index is 303. The first-order valence-electron chi connectivity index (χ1n) is 8.29. The summed E-state index contributed by atoms with van der Waals surface area (Å²) in [5.74, 6) is 0.569. The lowest BCUT2D eigenvalue weighted by molar-refractivity contribution is -0.0413. The van der Waals surface area contributed by atoms with Crippen LogP contribution in [0.25, 0.3) is 0 Å². The summed E-state index contributed by atoms with van der Waals surface area (Å²) in [6, 6.07) is 1.19. The molecule has 0 bridgehead atoms. The second kappa shape index (κ2) is 12.9. The molecule has 0 radical (unpaired) electrons. The maximum absolute atomic E-state index is 9.62. The number of aliphatic hydroxyl groups is 1. The van der Waals surface area contributed by atoms with Crippen LogP contribution in [0.2, 0.25) is 25.7 Å². The molecule has 132 valence electrons. The van der Waals surface area contributed by atoms with Crippen molar-refractivity contribution in [2.75, 3.05) is 24.4 Å². The second-order valence-corrected chi connectivity index (χ2v) is 14.0. The van der Waals surface area contributed by atoms with E-state index in [1.165, 1.54) is 11.6 Å². The minimum Gasteiger partial charge on any atom is -0.392 e. The number of ether oxygens (including phenoxy) is 2. The number of halogens is 1. The van der Waals surface area contributed by atoms with Gasteiger partial charge in [-0.3, -0.25) is 0 Å². The van der Waals surface area contributed by atoms with Gasteiger partial charge < -0.3 is 14.6 Å². The Balaban J connectivity index is 3.61. The number of hydrogen-bond donors (Lipinski definition) is 1. The molecule has 0 spiro atoms. The van der Waals surface area contributed by atoms with Crippen LogP contribution < -0.4 is 0 Å². The highest BCUT2D eigenvalue weighted by molar-refractivity contribution is 14.1. The molecule has 0 saturated carbocycles. The van der Waals surface area contributed by atoms with E-state index in [1.54, 1.807) is 0 Å². The van der Waals surface area contributed by atoms with Crippen LogP contribution in [0.5, 0.6) is 0 Å². The number of hydrogen-bond acceptors (Lipinski definition) is 3. The van der Waals surface area contributed by atoms with Crippen LogP contribution in [-0.4, -0.2) is 43.7 Å². The number of allylic oxidation sites excluding steroid dienone is 1. The Kier molecular flexibility index (Phi) is 13.3. The Labute approximate surface area is 152 Å². The molecular weight excluding hydrogens is 407 g/mol. The van der Waals surface area contributed by atoms with Crippen molar-refractivity contribution in [2.45, 2.75) is 64.9 Å². The van der Waals surface area contributed by atoms with Crippen LogP contribution in [0.1, 0.15) is 33.1 Å². The van der Waals surface area contributed by atoms with Gasteiger partial charge in [-0.05, 0) is 38.1 Å². The predicted molar refractivity (Wildman–Crippen MR) is 107 cm³/mol. The molecule has 0 aliphatic carbocycles. The molecule has 0 rings (SSSR count). The van der Waals surface area contributed by atoms with Crippen LogP contribution in [0.3, 0.4) is 0 Å². The smallest absolute Gasteiger partial charge is 0.147 e. The fraction of sp³-hybridized carbons (Fsp3) is 0.882. The molecule has 0 amide bonds. The molecule has 5 heteroatoms. The lowest BCUT2D eigenvalue weighted by atomic mass is 9.98. The number of aliphatic hydroxyl groups excluding tert-OH is 1. The first-order chi connectivity index (χ1) is 10.2. The largest absolute Gasteiger partial charge is 0.392 e. The van der Waals surface area contributed by atoms with Gasteiger partial charge in [-0.1, -0.05) is 60.8 Å². The third-order valence-corrected chi connectivity index (χ3v) is 6.22. The molecule has 3 nitrogen and oxygen atoms in total. The zero-order valence-electron chi connectivity index (χ0n) is 15.0. The van der Waals surface area contributed by atoms with Gasteiger partial charge in [0.1, 0.15) is 6.79 Å². The molecule has 0 fully saturated rings. The first-order valence-corrected chi connectivity index (χ1v) is 13.5. The molecule has 0 aromatic carbocycles. The Morgan fingerprint density at radius 1 is 1.27 bits per heavy atom. The van der Waals surface area contributed by atoms with Crippen molar-refractivity contribution in [1.29, 1.82) is 0 Å². The summed E-state index contributed by atoms with van der Waals surface area (Å²) in [6.07, 6.45) is 5.17. The third kappa shape index (κ3) is 15.5. The molecule has 0 heterocycles. The SMILES string of the molecule is C/C(=C\CC[C@H](C)CC(O)CI)COCOCC[Si](C)(C)C. The molecule has 0 aliphatic heterocycles. The van der Waals surface area contributed by atoms with Gasteiger partial charge in [0.05, 0.1) is 12.7 Å². The van der Waals surface area contributed by atoms with Crippen LogP contribution in [0.4, 0.5) is 0 Å². The third-order valence-electron chi connectivity index (χ3n) is 3.50. The quantitative estimate of drug-likeness (QED) is 0.111. The van der Waals surface area contributed by atoms with Gasteiger partial charge in [0.2, 0.25) is 0 Å². The van der Waals surface area contributed by atoms with E-state index < -0.39 is 8.07 Å². The lowest BCUT2D eigenvalue weighted by Crippen LogP contribution is -2.22. The minimum absolute atomic E-state index is 0.155. The van der Waals surface area contributed by atoms with E-state index in [4.69, 9.17) is 9.47 Å². The van der Waals surface area contributed by atoms with Gasteiger partial charge in [0, 0.05) is 19.1 Å². The highest BCUT2D eigenvalue weighted by atomic mass is 127. The molecule has 0 saturated heterocycles. The molecule has 1 N–H and O–H groups in total. The summed E-state index contributed by atoms with van der Waals surface area (Å²) in [6.45, 7) is 13.2. The fourth-order valence-corrected chi connectivity index (χ4v) is 3.13. The second-order valence-electron chi connectivity index (χ2n) is 7.46. The molecule has 0 aromatic rings. The van der Waals surface area contributed by atoms with Crippen molar-refractivity contribution >= 4 is 30.7 Å². The van der Waals surface area contributed by atoms with Crippen LogP contribution in [-0.2, 0) is 9.47 Å². The van der Waals surface area contributed by atoms with Gasteiger partial charge in [0.25, 0.3) is 0 Å². The number of rotatable bonds is 13. The summed E-state index contributed by atoms with van der Waals surface area (Å²) in [5.41, 5.74) is 1.26. The Morgan fingerprint density at radius 2 is 1.95 bits per heavy atom. The lowest BCUT2D eigenvalue weighted by Gasteiger charge is -2.15. The minimum atomic E-state index is -0.993. The maximum atomic E-state index is 9.62. The zero-order valence-corrected chi connectivity index (χ0v) is 18.2. The monoisotopic (exact) mass is 442 g/mol. The van der Waals surface area contributed by atoms with E-state index in [1.807, 2.05) is 0 Å². The van der Waals surface area contributed by atoms with Gasteiger partial charge in [-0.25, -0.2) is 0 Å². The molecular formula is C17H35IO3Si. The highest BCUT2D eigenvalue weighted by Crippen LogP contribution is 2.15. The van der Waals surface area contributed by atoms with Gasteiger partial charge in [0.15, 0.2) is 0 Å². The average Bonchev–Trinajstić information content (AvgIpc) is 2.41. The number of alkyl halides is 1. The summed E-state index contributed by atoms with van der Waals surface area (Å²) < 4.78 is 11.9. The normalized spacial score (nSPS) is 15.9. The van der Waals surface area contributed by atoms with Crippen molar-refractivity contribution in [3.8, 4) is 0 Å². The summed E-state index contributed by atoms with van der Waals surface area (Å²) in [5, 5.41) is 9.62. The fourth-order valence-electron chi connectivity index (χ4n) is 2.02. The standard InChI is InChI=1S/C17H35IO3Si/c1-15(11-17(19)12-18)7-6-8-16(2)13-21-14-20-9-10-22(3,4)5/h8,15,17,19H,6-7,9-14H2,1-5H3/b16-8+/t15-,17?/m0/s1. The van der Waals surface area contributed by atoms with E-state index in [0.717, 1.165) is 30.3 Å². The van der Waals surface area contributed by atoms with E-state index in [0.29, 0.717) is 19.3 Å². The Hall–Kier alpha value is 0.567. The van der Waals surface area contributed by atoms with Crippen molar-refractivity contribution < 1.29 is 14.6 Å². The van der Waals surface area contributed by atoms with Crippen LogP contribution in [0.15, 0.2) is 11.6 Å². The van der Waals surface area contributed by atoms with E-state index in [2.05, 4.69) is 62.2 Å². The molecule has 2 atom stereocenters. The molecule has 1 unspecified atom stereocenters. The van der Waals surface area contributed by atoms with E-state index in [-0.39, 0.29) is 6.10 Å². The van der Waals surface area contributed by atoms with E-state index >= 15 is 0 Å².